The van der Waals surface area contributed by atoms with Gasteiger partial charge in [0.05, 0.1) is 23.9 Å². The zero-order valence-electron chi connectivity index (χ0n) is 16.8. The van der Waals surface area contributed by atoms with Gasteiger partial charge >= 0.3 is 5.97 Å². The van der Waals surface area contributed by atoms with Gasteiger partial charge in [0.1, 0.15) is 0 Å². The summed E-state index contributed by atoms with van der Waals surface area (Å²) in [6.45, 7) is 12.8. The van der Waals surface area contributed by atoms with Crippen LogP contribution in [0.1, 0.15) is 57.5 Å². The van der Waals surface area contributed by atoms with Crippen molar-refractivity contribution in [1.82, 2.24) is 4.90 Å². The first-order valence-corrected chi connectivity index (χ1v) is 8.93. The molecular formula is C20H35NO5. The molecule has 1 rings (SSSR count). The van der Waals surface area contributed by atoms with Gasteiger partial charge in [0.25, 0.3) is 0 Å². The van der Waals surface area contributed by atoms with E-state index >= 15 is 0 Å². The lowest BCUT2D eigenvalue weighted by atomic mass is 9.87. The van der Waals surface area contributed by atoms with Crippen LogP contribution in [0.4, 0.5) is 0 Å². The predicted molar refractivity (Wildman–Crippen MR) is 104 cm³/mol. The zero-order chi connectivity index (χ0) is 20.5. The molecule has 1 aromatic rings. The Morgan fingerprint density at radius 2 is 1.23 bits per heavy atom. The molecule has 0 aliphatic carbocycles. The maximum atomic E-state index is 10.6. The summed E-state index contributed by atoms with van der Waals surface area (Å²) in [6, 6.07) is 7.01. The topological polar surface area (TPSA) is 101 Å². The number of nitrogens with zero attached hydrogens (tertiary/aromatic N) is 1. The van der Waals surface area contributed by atoms with Gasteiger partial charge in [-0.2, -0.15) is 0 Å². The minimum Gasteiger partial charge on any atom is -0.478 e. The van der Waals surface area contributed by atoms with Crippen molar-refractivity contribution >= 4 is 5.97 Å². The van der Waals surface area contributed by atoms with E-state index in [1.54, 1.807) is 32.9 Å². The Bertz CT molecular complexity index is 494. The molecule has 6 nitrogen and oxygen atoms in total. The molecule has 0 saturated heterocycles. The summed E-state index contributed by atoms with van der Waals surface area (Å²) in [4.78, 5) is 12.4. The number of carboxylic acid groups (broad SMARTS) is 1. The number of carbonyl (C=O) groups is 1. The maximum absolute atomic E-state index is 10.6. The van der Waals surface area contributed by atoms with Crippen LogP contribution in [0, 0.1) is 0 Å². The summed E-state index contributed by atoms with van der Waals surface area (Å²) >= 11 is 0. The van der Waals surface area contributed by atoms with Gasteiger partial charge in [-0.1, -0.05) is 32.9 Å². The molecule has 1 aromatic carbocycles. The molecule has 6 heteroatoms. The van der Waals surface area contributed by atoms with Crippen molar-refractivity contribution in [3.8, 4) is 0 Å². The second-order valence-corrected chi connectivity index (χ2v) is 7.90. The summed E-state index contributed by atoms with van der Waals surface area (Å²) in [7, 11) is 0. The van der Waals surface area contributed by atoms with Gasteiger partial charge in [-0.25, -0.2) is 4.79 Å². The fourth-order valence-corrected chi connectivity index (χ4v) is 2.46. The Kier molecular flexibility index (Phi) is 10.6. The number of aliphatic hydroxyl groups excluding tert-OH is 3. The van der Waals surface area contributed by atoms with E-state index in [1.165, 1.54) is 0 Å². The largest absolute Gasteiger partial charge is 0.478 e. The Morgan fingerprint density at radius 1 is 0.885 bits per heavy atom. The first-order valence-electron chi connectivity index (χ1n) is 8.93. The predicted octanol–water partition coefficient (Wildman–Crippen LogP) is 2.11. The summed E-state index contributed by atoms with van der Waals surface area (Å²) < 4.78 is 0. The molecule has 0 fully saturated rings. The lowest BCUT2D eigenvalue weighted by Crippen LogP contribution is -2.40. The average Bonchev–Trinajstić information content (AvgIpc) is 2.44. The molecule has 4 N–H and O–H groups in total. The molecule has 0 amide bonds. The van der Waals surface area contributed by atoms with Crippen LogP contribution in [0.5, 0.6) is 0 Å². The van der Waals surface area contributed by atoms with E-state index in [4.69, 9.17) is 20.4 Å². The van der Waals surface area contributed by atoms with Crippen molar-refractivity contribution in [2.45, 2.75) is 65.3 Å². The van der Waals surface area contributed by atoms with E-state index in [2.05, 4.69) is 20.8 Å². The normalized spacial score (nSPS) is 15.0. The van der Waals surface area contributed by atoms with Gasteiger partial charge < -0.3 is 20.4 Å². The number of hydrogen-bond acceptors (Lipinski definition) is 5. The van der Waals surface area contributed by atoms with Crippen molar-refractivity contribution in [2.24, 2.45) is 0 Å². The van der Waals surface area contributed by atoms with E-state index < -0.39 is 24.3 Å². The second-order valence-electron chi connectivity index (χ2n) is 7.90. The number of hydrogen-bond donors (Lipinski definition) is 4. The third kappa shape index (κ3) is 11.2. The van der Waals surface area contributed by atoms with E-state index in [1.807, 2.05) is 17.0 Å². The van der Waals surface area contributed by atoms with Crippen LogP contribution in [0.15, 0.2) is 24.3 Å². The van der Waals surface area contributed by atoms with Gasteiger partial charge in [-0.05, 0) is 43.9 Å². The molecule has 150 valence electrons. The van der Waals surface area contributed by atoms with Crippen LogP contribution in [0.2, 0.25) is 0 Å². The lowest BCUT2D eigenvalue weighted by molar-refractivity contribution is 0.0530. The number of benzene rings is 1. The third-order valence-electron chi connectivity index (χ3n) is 3.57. The number of rotatable bonds is 7. The van der Waals surface area contributed by atoms with Crippen LogP contribution in [-0.2, 0) is 5.41 Å². The van der Waals surface area contributed by atoms with Gasteiger partial charge in [0.2, 0.25) is 0 Å². The van der Waals surface area contributed by atoms with Gasteiger partial charge in [0.15, 0.2) is 0 Å². The summed E-state index contributed by atoms with van der Waals surface area (Å²) in [6.07, 6.45) is -1.30. The van der Waals surface area contributed by atoms with Crippen LogP contribution in [0.25, 0.3) is 0 Å². The molecule has 3 unspecified atom stereocenters. The minimum atomic E-state index is -0.875. The number of carboxylic acids is 1. The Hall–Kier alpha value is -1.47. The first-order chi connectivity index (χ1) is 11.8. The highest BCUT2D eigenvalue weighted by Crippen LogP contribution is 2.22. The molecule has 0 spiro atoms. The van der Waals surface area contributed by atoms with E-state index in [9.17, 15) is 4.79 Å². The van der Waals surface area contributed by atoms with Gasteiger partial charge in [-0.15, -0.1) is 0 Å². The summed E-state index contributed by atoms with van der Waals surface area (Å²) in [5.74, 6) is -0.875. The van der Waals surface area contributed by atoms with E-state index in [0.717, 1.165) is 5.56 Å². The van der Waals surface area contributed by atoms with Crippen LogP contribution in [0.3, 0.4) is 0 Å². The van der Waals surface area contributed by atoms with E-state index in [-0.39, 0.29) is 5.41 Å². The SMILES string of the molecule is CC(C)(C)c1ccc(C(=O)O)cc1.CC(O)CN(CC(C)O)CC(C)O. The number of aliphatic hydroxyl groups is 3. The van der Waals surface area contributed by atoms with Crippen LogP contribution >= 0.6 is 0 Å². The van der Waals surface area contributed by atoms with Crippen LogP contribution < -0.4 is 0 Å². The van der Waals surface area contributed by atoms with E-state index in [0.29, 0.717) is 25.2 Å². The maximum Gasteiger partial charge on any atom is 0.335 e. The van der Waals surface area contributed by atoms with Gasteiger partial charge in [-0.3, -0.25) is 4.90 Å². The van der Waals surface area contributed by atoms with Crippen molar-refractivity contribution in [1.29, 1.82) is 0 Å². The zero-order valence-corrected chi connectivity index (χ0v) is 16.8. The fourth-order valence-electron chi connectivity index (χ4n) is 2.46. The molecule has 0 heterocycles. The molecule has 3 atom stereocenters. The smallest absolute Gasteiger partial charge is 0.335 e. The Labute approximate surface area is 157 Å². The van der Waals surface area contributed by atoms with Crippen molar-refractivity contribution in [3.63, 3.8) is 0 Å². The summed E-state index contributed by atoms with van der Waals surface area (Å²) in [5.41, 5.74) is 1.57. The van der Waals surface area contributed by atoms with Crippen LogP contribution in [-0.4, -0.2) is 69.2 Å². The highest BCUT2D eigenvalue weighted by molar-refractivity contribution is 5.87. The molecule has 0 aliphatic heterocycles. The molecule has 0 saturated carbocycles. The van der Waals surface area contributed by atoms with Crippen molar-refractivity contribution in [3.05, 3.63) is 35.4 Å². The molecule has 0 aromatic heterocycles. The third-order valence-corrected chi connectivity index (χ3v) is 3.57. The lowest BCUT2D eigenvalue weighted by Gasteiger charge is -2.25. The number of aromatic carboxylic acids is 1. The standard InChI is InChI=1S/C11H14O2.C9H21NO3/c1-11(2,3)9-6-4-8(5-7-9)10(12)13;1-7(11)4-10(5-8(2)12)6-9(3)13/h4-7H,1-3H3,(H,12,13);7-9,11-13H,4-6H2,1-3H3. The molecular weight excluding hydrogens is 334 g/mol. The fraction of sp³-hybridized carbons (Fsp3) is 0.650. The second kappa shape index (κ2) is 11.3. The average molecular weight is 370 g/mol. The monoisotopic (exact) mass is 369 g/mol. The molecule has 0 radical (unpaired) electrons. The highest BCUT2D eigenvalue weighted by atomic mass is 16.4. The molecule has 0 aliphatic rings. The van der Waals surface area contributed by atoms with Crippen molar-refractivity contribution < 1.29 is 25.2 Å². The first kappa shape index (κ1) is 24.5. The highest BCUT2D eigenvalue weighted by Gasteiger charge is 2.14. The molecule has 0 bridgehead atoms. The van der Waals surface area contributed by atoms with Gasteiger partial charge in [0, 0.05) is 19.6 Å². The quantitative estimate of drug-likeness (QED) is 0.587. The summed E-state index contributed by atoms with van der Waals surface area (Å²) in [5, 5.41) is 36.1. The molecule has 26 heavy (non-hydrogen) atoms. The van der Waals surface area contributed by atoms with Crippen molar-refractivity contribution in [2.75, 3.05) is 19.6 Å². The Morgan fingerprint density at radius 3 is 1.46 bits per heavy atom. The minimum absolute atomic E-state index is 0.0804. The Balaban J connectivity index is 0.000000481.